The minimum atomic E-state index is -3.69. The first-order valence-electron chi connectivity index (χ1n) is 7.31. The van der Waals surface area contributed by atoms with Gasteiger partial charge in [0, 0.05) is 50.9 Å². The summed E-state index contributed by atoms with van der Waals surface area (Å²) in [6, 6.07) is 2.99. The third kappa shape index (κ3) is 3.62. The Labute approximate surface area is 129 Å². The number of rotatable bonds is 5. The summed E-state index contributed by atoms with van der Waals surface area (Å²) in [4.78, 5) is 4.58. The second kappa shape index (κ2) is 6.19. The van der Waals surface area contributed by atoms with E-state index in [0.717, 1.165) is 50.9 Å². The highest BCUT2D eigenvalue weighted by Crippen LogP contribution is 2.16. The highest BCUT2D eigenvalue weighted by Gasteiger charge is 2.32. The van der Waals surface area contributed by atoms with Gasteiger partial charge in [0.2, 0.25) is 10.0 Å². The summed E-state index contributed by atoms with van der Waals surface area (Å²) >= 11 is 0. The van der Waals surface area contributed by atoms with E-state index in [1.165, 1.54) is 0 Å². The van der Waals surface area contributed by atoms with E-state index < -0.39 is 27.4 Å². The summed E-state index contributed by atoms with van der Waals surface area (Å²) in [7, 11) is -3.69. The molecule has 1 N–H and O–H groups in total. The predicted molar refractivity (Wildman–Crippen MR) is 78.8 cm³/mol. The minimum Gasteiger partial charge on any atom is -0.299 e. The first-order valence-corrected chi connectivity index (χ1v) is 8.96. The van der Waals surface area contributed by atoms with E-state index in [4.69, 9.17) is 0 Å². The number of nitrogens with one attached hydrogen (secondary N) is 1. The molecular weight excluding hydrogens is 312 g/mol. The van der Waals surface area contributed by atoms with E-state index in [0.29, 0.717) is 6.54 Å². The van der Waals surface area contributed by atoms with Crippen molar-refractivity contribution in [3.8, 4) is 0 Å². The molecule has 8 heteroatoms. The van der Waals surface area contributed by atoms with Gasteiger partial charge < -0.3 is 0 Å². The molecule has 122 valence electrons. The molecule has 22 heavy (non-hydrogen) atoms. The van der Waals surface area contributed by atoms with Gasteiger partial charge in [-0.25, -0.2) is 21.9 Å². The van der Waals surface area contributed by atoms with Crippen LogP contribution in [0, 0.1) is 11.6 Å². The molecule has 4 rings (SSSR count). The van der Waals surface area contributed by atoms with Gasteiger partial charge >= 0.3 is 0 Å². The van der Waals surface area contributed by atoms with Gasteiger partial charge in [-0.3, -0.25) is 9.80 Å². The van der Waals surface area contributed by atoms with Crippen molar-refractivity contribution in [2.24, 2.45) is 0 Å². The highest BCUT2D eigenvalue weighted by molar-refractivity contribution is 7.88. The van der Waals surface area contributed by atoms with Gasteiger partial charge in [0.15, 0.2) is 0 Å². The Morgan fingerprint density at radius 2 is 1.91 bits per heavy atom. The zero-order valence-electron chi connectivity index (χ0n) is 12.1. The van der Waals surface area contributed by atoms with Crippen LogP contribution >= 0.6 is 0 Å². The number of halogens is 2. The summed E-state index contributed by atoms with van der Waals surface area (Å²) in [5, 5.41) is 0. The van der Waals surface area contributed by atoms with Gasteiger partial charge in [0.25, 0.3) is 0 Å². The van der Waals surface area contributed by atoms with Crippen molar-refractivity contribution in [3.63, 3.8) is 0 Å². The largest absolute Gasteiger partial charge is 0.299 e. The number of piperazine rings is 3. The average Bonchev–Trinajstić information content (AvgIpc) is 2.50. The quantitative estimate of drug-likeness (QED) is 0.848. The van der Waals surface area contributed by atoms with Gasteiger partial charge in [-0.05, 0) is 18.2 Å². The Morgan fingerprint density at radius 1 is 1.18 bits per heavy atom. The maximum atomic E-state index is 13.5. The molecule has 0 saturated carbocycles. The van der Waals surface area contributed by atoms with Crippen LogP contribution in [0.25, 0.3) is 0 Å². The predicted octanol–water partition coefficient (Wildman–Crippen LogP) is 0.384. The maximum Gasteiger partial charge on any atom is 0.215 e. The molecule has 1 atom stereocenters. The number of benzene rings is 1. The second-order valence-electron chi connectivity index (χ2n) is 5.83. The molecule has 1 unspecified atom stereocenters. The third-order valence-corrected chi connectivity index (χ3v) is 5.58. The maximum absolute atomic E-state index is 13.5. The van der Waals surface area contributed by atoms with Crippen molar-refractivity contribution in [3.05, 3.63) is 35.4 Å². The fraction of sp³-hybridized carbons (Fsp3) is 0.571. The number of nitrogens with zero attached hydrogens (tertiary/aromatic N) is 2. The molecule has 0 amide bonds. The molecule has 3 aliphatic heterocycles. The van der Waals surface area contributed by atoms with Gasteiger partial charge in [-0.2, -0.15) is 0 Å². The van der Waals surface area contributed by atoms with Crippen LogP contribution in [-0.4, -0.2) is 63.5 Å². The van der Waals surface area contributed by atoms with Crippen molar-refractivity contribution >= 4 is 10.0 Å². The number of sulfonamides is 1. The van der Waals surface area contributed by atoms with E-state index in [-0.39, 0.29) is 11.6 Å². The number of hydrogen-bond donors (Lipinski definition) is 1. The first-order chi connectivity index (χ1) is 10.4. The van der Waals surface area contributed by atoms with E-state index in [1.807, 2.05) is 0 Å². The second-order valence-corrected chi connectivity index (χ2v) is 7.64. The van der Waals surface area contributed by atoms with Crippen LogP contribution in [0.1, 0.15) is 5.56 Å². The Kier molecular flexibility index (Phi) is 4.44. The lowest BCUT2D eigenvalue weighted by molar-refractivity contribution is 0.0158. The Bertz CT molecular complexity index is 645. The normalized spacial score (nSPS) is 28.0. The van der Waals surface area contributed by atoms with Crippen LogP contribution in [0.5, 0.6) is 0 Å². The molecular formula is C14H19F2N3O2S. The molecule has 0 spiro atoms. The Morgan fingerprint density at radius 3 is 2.55 bits per heavy atom. The number of fused-ring (bicyclic) bond motifs is 3. The van der Waals surface area contributed by atoms with E-state index in [1.54, 1.807) is 0 Å². The number of hydrogen-bond acceptors (Lipinski definition) is 4. The summed E-state index contributed by atoms with van der Waals surface area (Å²) in [6.45, 7) is 5.10. The average molecular weight is 331 g/mol. The van der Waals surface area contributed by atoms with Crippen LogP contribution in [0.4, 0.5) is 8.78 Å². The van der Waals surface area contributed by atoms with Crippen LogP contribution < -0.4 is 4.72 Å². The fourth-order valence-corrected chi connectivity index (χ4v) is 4.23. The Balaban J connectivity index is 1.60. The fourth-order valence-electron chi connectivity index (χ4n) is 3.05. The van der Waals surface area contributed by atoms with Crippen molar-refractivity contribution in [2.45, 2.75) is 11.8 Å². The molecule has 3 fully saturated rings. The van der Waals surface area contributed by atoms with E-state index in [2.05, 4.69) is 14.5 Å². The van der Waals surface area contributed by atoms with Gasteiger partial charge in [-0.15, -0.1) is 0 Å². The molecule has 1 aromatic rings. The zero-order chi connectivity index (χ0) is 15.7. The molecule has 0 aromatic heterocycles. The van der Waals surface area contributed by atoms with E-state index in [9.17, 15) is 17.2 Å². The van der Waals surface area contributed by atoms with Crippen LogP contribution in [0.3, 0.4) is 0 Å². The minimum absolute atomic E-state index is 0.148. The standard InChI is InChI=1S/C14H19F2N3O2S/c15-12-1-2-14(16)11(7-12)10-22(20,21)17-8-13-9-18-3-5-19(13)6-4-18/h1-2,7,13,17H,3-6,8-10H2. The third-order valence-electron chi connectivity index (χ3n) is 4.28. The molecule has 3 saturated heterocycles. The molecule has 0 aliphatic carbocycles. The van der Waals surface area contributed by atoms with E-state index >= 15 is 0 Å². The molecule has 1 aromatic carbocycles. The summed E-state index contributed by atoms with van der Waals surface area (Å²) in [6.07, 6.45) is 0. The van der Waals surface area contributed by atoms with Crippen LogP contribution in [0.2, 0.25) is 0 Å². The van der Waals surface area contributed by atoms with Crippen molar-refractivity contribution in [2.75, 3.05) is 39.3 Å². The lowest BCUT2D eigenvalue weighted by atomic mass is 10.1. The summed E-state index contributed by atoms with van der Waals surface area (Å²) in [5.41, 5.74) is -0.151. The van der Waals surface area contributed by atoms with Crippen molar-refractivity contribution in [1.82, 2.24) is 14.5 Å². The van der Waals surface area contributed by atoms with Gasteiger partial charge in [0.05, 0.1) is 5.75 Å². The molecule has 3 heterocycles. The molecule has 2 bridgehead atoms. The van der Waals surface area contributed by atoms with Crippen molar-refractivity contribution in [1.29, 1.82) is 0 Å². The summed E-state index contributed by atoms with van der Waals surface area (Å²) < 4.78 is 53.3. The monoisotopic (exact) mass is 331 g/mol. The highest BCUT2D eigenvalue weighted by atomic mass is 32.2. The topological polar surface area (TPSA) is 52.7 Å². The molecule has 3 aliphatic rings. The van der Waals surface area contributed by atoms with Gasteiger partial charge in [-0.1, -0.05) is 0 Å². The summed E-state index contributed by atoms with van der Waals surface area (Å²) in [5.74, 6) is -1.90. The molecule has 5 nitrogen and oxygen atoms in total. The smallest absolute Gasteiger partial charge is 0.215 e. The lowest BCUT2D eigenvalue weighted by Crippen LogP contribution is -2.63. The van der Waals surface area contributed by atoms with Crippen LogP contribution in [-0.2, 0) is 15.8 Å². The molecule has 0 radical (unpaired) electrons. The lowest BCUT2D eigenvalue weighted by Gasteiger charge is -2.47. The first kappa shape index (κ1) is 15.8. The van der Waals surface area contributed by atoms with Crippen molar-refractivity contribution < 1.29 is 17.2 Å². The SMILES string of the molecule is O=S(=O)(Cc1cc(F)ccc1F)NCC1CN2CCN1CC2. The van der Waals surface area contributed by atoms with Gasteiger partial charge in [0.1, 0.15) is 11.6 Å². The zero-order valence-corrected chi connectivity index (χ0v) is 13.0. The van der Waals surface area contributed by atoms with Crippen LogP contribution in [0.15, 0.2) is 18.2 Å². The Hall–Kier alpha value is -1.09.